The molecule has 4 aromatic rings. The first-order valence-electron chi connectivity index (χ1n) is 9.93. The number of pyridine rings is 1. The second-order valence-corrected chi connectivity index (χ2v) is 8.72. The molecule has 0 saturated carbocycles. The molecule has 0 amide bonds. The lowest BCUT2D eigenvalue weighted by molar-refractivity contribution is -0.0328. The van der Waals surface area contributed by atoms with E-state index in [-0.39, 0.29) is 28.1 Å². The molecule has 1 aliphatic heterocycles. The minimum absolute atomic E-state index is 0.0602. The number of hydrogen-bond acceptors (Lipinski definition) is 5. The van der Waals surface area contributed by atoms with E-state index in [1.165, 1.54) is 12.1 Å². The number of halogens is 3. The Bertz CT molecular complexity index is 1360. The second kappa shape index (κ2) is 7.79. The van der Waals surface area contributed by atoms with Crippen molar-refractivity contribution in [2.75, 3.05) is 0 Å². The van der Waals surface area contributed by atoms with Gasteiger partial charge < -0.3 is 10.3 Å². The lowest BCUT2D eigenvalue weighted by Crippen LogP contribution is -2.32. The van der Waals surface area contributed by atoms with Crippen LogP contribution in [0.5, 0.6) is 0 Å². The summed E-state index contributed by atoms with van der Waals surface area (Å²) >= 11 is -0.128. The van der Waals surface area contributed by atoms with Crippen LogP contribution >= 0.6 is 11.8 Å². The van der Waals surface area contributed by atoms with Crippen molar-refractivity contribution in [1.29, 1.82) is 0 Å². The zero-order valence-electron chi connectivity index (χ0n) is 16.9. The molecular formula is C22H18F3N5OS. The van der Waals surface area contributed by atoms with Gasteiger partial charge in [0.1, 0.15) is 5.82 Å². The zero-order chi connectivity index (χ0) is 22.5. The molecule has 2 aromatic carbocycles. The van der Waals surface area contributed by atoms with Gasteiger partial charge in [-0.05, 0) is 48.5 Å². The number of H-pyrrole nitrogens is 1. The van der Waals surface area contributed by atoms with Crippen LogP contribution in [0.25, 0.3) is 22.4 Å². The number of nitrogens with one attached hydrogen (secondary N) is 2. The summed E-state index contributed by atoms with van der Waals surface area (Å²) in [6.45, 7) is 2.68. The van der Waals surface area contributed by atoms with E-state index in [2.05, 4.69) is 20.4 Å². The predicted octanol–water partition coefficient (Wildman–Crippen LogP) is 4.55. The average molecular weight is 457 g/mol. The van der Waals surface area contributed by atoms with E-state index in [0.29, 0.717) is 35.6 Å². The summed E-state index contributed by atoms with van der Waals surface area (Å²) < 4.78 is 39.4. The smallest absolute Gasteiger partial charge is 0.351 e. The highest BCUT2D eigenvalue weighted by atomic mass is 32.2. The van der Waals surface area contributed by atoms with Crippen molar-refractivity contribution < 1.29 is 13.2 Å². The number of rotatable bonds is 3. The van der Waals surface area contributed by atoms with Crippen LogP contribution in [-0.4, -0.2) is 25.3 Å². The van der Waals surface area contributed by atoms with Crippen molar-refractivity contribution in [2.24, 2.45) is 0 Å². The molecule has 6 nitrogen and oxygen atoms in total. The largest absolute Gasteiger partial charge is 0.446 e. The number of aromatic amines is 1. The molecule has 3 heterocycles. The monoisotopic (exact) mass is 457 g/mol. The maximum Gasteiger partial charge on any atom is 0.446 e. The van der Waals surface area contributed by atoms with E-state index in [0.717, 1.165) is 16.9 Å². The molecule has 0 aliphatic carbocycles. The van der Waals surface area contributed by atoms with Crippen LogP contribution in [0.4, 0.5) is 13.2 Å². The molecule has 5 rings (SSSR count). The summed E-state index contributed by atoms with van der Waals surface area (Å²) in [5, 5.41) is 8.59. The lowest BCUT2D eigenvalue weighted by atomic mass is 10.1. The third kappa shape index (κ3) is 3.91. The van der Waals surface area contributed by atoms with Crippen molar-refractivity contribution >= 4 is 22.7 Å². The second-order valence-electron chi connectivity index (χ2n) is 7.58. The van der Waals surface area contributed by atoms with E-state index in [1.54, 1.807) is 29.8 Å². The van der Waals surface area contributed by atoms with Gasteiger partial charge in [-0.2, -0.15) is 13.2 Å². The lowest BCUT2D eigenvalue weighted by Gasteiger charge is -2.24. The Morgan fingerprint density at radius 1 is 1.12 bits per heavy atom. The quantitative estimate of drug-likeness (QED) is 0.442. The van der Waals surface area contributed by atoms with E-state index in [1.807, 2.05) is 18.2 Å². The molecule has 0 spiro atoms. The van der Waals surface area contributed by atoms with Gasteiger partial charge in [-0.25, -0.2) is 9.67 Å². The number of thioether (sulfide) groups is 1. The molecule has 10 heteroatoms. The number of nitrogens with zero attached hydrogens (tertiary/aromatic N) is 3. The zero-order valence-corrected chi connectivity index (χ0v) is 17.7. The molecule has 1 atom stereocenters. The Hall–Kier alpha value is -3.11. The summed E-state index contributed by atoms with van der Waals surface area (Å²) in [5.41, 5.74) is -1.64. The van der Waals surface area contributed by atoms with Gasteiger partial charge in [0.05, 0.1) is 24.8 Å². The molecule has 2 aromatic heterocycles. The minimum Gasteiger partial charge on any atom is -0.351 e. The summed E-state index contributed by atoms with van der Waals surface area (Å²) in [6.07, 6.45) is 0. The Kier molecular flexibility index (Phi) is 5.06. The molecule has 0 fully saturated rings. The summed E-state index contributed by atoms with van der Waals surface area (Å²) in [4.78, 5) is 20.8. The summed E-state index contributed by atoms with van der Waals surface area (Å²) in [5.74, 6) is 1.17. The Morgan fingerprint density at radius 3 is 2.62 bits per heavy atom. The number of hydrogen-bond donors (Lipinski definition) is 2. The van der Waals surface area contributed by atoms with E-state index in [9.17, 15) is 18.0 Å². The number of aromatic nitrogens is 4. The van der Waals surface area contributed by atoms with Gasteiger partial charge in [0.2, 0.25) is 0 Å². The number of benzene rings is 2. The van der Waals surface area contributed by atoms with Crippen LogP contribution < -0.4 is 10.7 Å². The van der Waals surface area contributed by atoms with Gasteiger partial charge in [0.15, 0.2) is 11.3 Å². The van der Waals surface area contributed by atoms with Crippen molar-refractivity contribution in [2.45, 2.75) is 36.5 Å². The molecule has 2 N–H and O–H groups in total. The summed E-state index contributed by atoms with van der Waals surface area (Å²) in [6, 6.07) is 13.5. The topological polar surface area (TPSA) is 75.6 Å². The van der Waals surface area contributed by atoms with Crippen molar-refractivity contribution in [3.05, 3.63) is 75.7 Å². The van der Waals surface area contributed by atoms with Gasteiger partial charge in [0.25, 0.3) is 0 Å². The van der Waals surface area contributed by atoms with Crippen molar-refractivity contribution in [3.63, 3.8) is 0 Å². The molecule has 0 saturated heterocycles. The maximum atomic E-state index is 12.8. The average Bonchev–Trinajstić information content (AvgIpc) is 3.19. The molecule has 0 radical (unpaired) electrons. The van der Waals surface area contributed by atoms with E-state index >= 15 is 0 Å². The highest BCUT2D eigenvalue weighted by molar-refractivity contribution is 8.00. The van der Waals surface area contributed by atoms with Crippen LogP contribution in [-0.2, 0) is 13.1 Å². The minimum atomic E-state index is -4.31. The molecule has 1 unspecified atom stereocenters. The molecule has 1 aliphatic rings. The van der Waals surface area contributed by atoms with Crippen LogP contribution in [0.15, 0.2) is 58.2 Å². The third-order valence-electron chi connectivity index (χ3n) is 5.50. The van der Waals surface area contributed by atoms with Crippen molar-refractivity contribution in [1.82, 2.24) is 25.1 Å². The fourth-order valence-corrected chi connectivity index (χ4v) is 4.43. The number of alkyl halides is 3. The predicted molar refractivity (Wildman–Crippen MR) is 116 cm³/mol. The molecule has 0 bridgehead atoms. The highest BCUT2D eigenvalue weighted by Gasteiger charge is 2.29. The van der Waals surface area contributed by atoms with Crippen molar-refractivity contribution in [3.8, 4) is 11.5 Å². The van der Waals surface area contributed by atoms with Gasteiger partial charge >= 0.3 is 5.51 Å². The third-order valence-corrected chi connectivity index (χ3v) is 6.24. The van der Waals surface area contributed by atoms with Crippen LogP contribution in [0.3, 0.4) is 0 Å². The SMILES string of the molecule is Cc1c(-c2nc3n(n2)CC(c2ccc(SC(F)(F)F)cc2)NC3)[nH]c2ccccc2c1=O. The molecule has 164 valence electrons. The van der Waals surface area contributed by atoms with Gasteiger partial charge in [-0.15, -0.1) is 5.10 Å². The first-order valence-corrected chi connectivity index (χ1v) is 10.7. The molecular weight excluding hydrogens is 439 g/mol. The fourth-order valence-electron chi connectivity index (χ4n) is 3.89. The van der Waals surface area contributed by atoms with Crippen LogP contribution in [0, 0.1) is 6.92 Å². The standard InChI is InChI=1S/C22H18F3N5OS/c1-12-19(27-16-5-3-2-4-15(16)20(12)31)21-28-18-10-26-17(11-30(18)29-21)13-6-8-14(9-7-13)32-22(23,24)25/h2-9,17,26H,10-11H2,1H3,(H,27,31). The van der Waals surface area contributed by atoms with Gasteiger partial charge in [-0.3, -0.25) is 4.79 Å². The van der Waals surface area contributed by atoms with Gasteiger partial charge in [0, 0.05) is 21.4 Å². The van der Waals surface area contributed by atoms with Crippen LogP contribution in [0.2, 0.25) is 0 Å². The molecule has 32 heavy (non-hydrogen) atoms. The maximum absolute atomic E-state index is 12.8. The fraction of sp³-hybridized carbons (Fsp3) is 0.227. The number of para-hydroxylation sites is 1. The van der Waals surface area contributed by atoms with E-state index < -0.39 is 5.51 Å². The first kappa shape index (κ1) is 20.8. The first-order chi connectivity index (χ1) is 15.3. The van der Waals surface area contributed by atoms with E-state index in [4.69, 9.17) is 0 Å². The Labute approximate surface area is 184 Å². The van der Waals surface area contributed by atoms with Crippen LogP contribution in [0.1, 0.15) is 23.0 Å². The summed E-state index contributed by atoms with van der Waals surface area (Å²) in [7, 11) is 0. The highest BCUT2D eigenvalue weighted by Crippen LogP contribution is 2.37. The Balaban J connectivity index is 1.42. The normalized spacial score (nSPS) is 16.3. The Morgan fingerprint density at radius 2 is 1.88 bits per heavy atom. The number of fused-ring (bicyclic) bond motifs is 2. The van der Waals surface area contributed by atoms with Gasteiger partial charge in [-0.1, -0.05) is 24.3 Å².